The van der Waals surface area contributed by atoms with Gasteiger partial charge in [-0.1, -0.05) is 0 Å². The van der Waals surface area contributed by atoms with Gasteiger partial charge in [0, 0.05) is 32.7 Å². The molecule has 0 unspecified atom stereocenters. The van der Waals surface area contributed by atoms with Crippen molar-refractivity contribution < 1.29 is 4.74 Å². The number of anilines is 1. The van der Waals surface area contributed by atoms with Crippen LogP contribution in [0.5, 0.6) is 0 Å². The van der Waals surface area contributed by atoms with E-state index in [9.17, 15) is 0 Å². The van der Waals surface area contributed by atoms with Gasteiger partial charge in [-0.3, -0.25) is 0 Å². The first kappa shape index (κ1) is 12.3. The molecule has 0 saturated heterocycles. The van der Waals surface area contributed by atoms with Crippen LogP contribution in [0.25, 0.3) is 0 Å². The van der Waals surface area contributed by atoms with Crippen LogP contribution in [0.1, 0.15) is 12.0 Å². The molecule has 1 rings (SSSR count). The van der Waals surface area contributed by atoms with E-state index in [1.807, 2.05) is 25.0 Å². The third kappa shape index (κ3) is 5.04. The maximum atomic E-state index is 5.00. The van der Waals surface area contributed by atoms with Crippen molar-refractivity contribution in [3.05, 3.63) is 23.9 Å². The highest BCUT2D eigenvalue weighted by Gasteiger charge is 1.96. The normalized spacial score (nSPS) is 10.3. The second kappa shape index (κ2) is 7.54. The van der Waals surface area contributed by atoms with Gasteiger partial charge in [0.15, 0.2) is 0 Å². The fraction of sp³-hybridized carbons (Fsp3) is 0.545. The van der Waals surface area contributed by atoms with Crippen molar-refractivity contribution in [3.8, 4) is 0 Å². The molecular weight excluding hydrogens is 208 g/mol. The van der Waals surface area contributed by atoms with E-state index >= 15 is 0 Å². The number of nitrogens with zero attached hydrogens (tertiary/aromatic N) is 1. The van der Waals surface area contributed by atoms with Crippen LogP contribution in [0, 0.1) is 0 Å². The summed E-state index contributed by atoms with van der Waals surface area (Å²) in [6, 6.07) is 4.15. The lowest BCUT2D eigenvalue weighted by Crippen LogP contribution is -1.94. The third-order valence-electron chi connectivity index (χ3n) is 1.99. The van der Waals surface area contributed by atoms with Crippen LogP contribution < -0.4 is 5.32 Å². The van der Waals surface area contributed by atoms with E-state index in [0.29, 0.717) is 0 Å². The molecular formula is C11H18N2OS. The molecule has 0 amide bonds. The molecule has 0 aliphatic rings. The van der Waals surface area contributed by atoms with E-state index in [4.69, 9.17) is 4.74 Å². The van der Waals surface area contributed by atoms with Gasteiger partial charge in [-0.2, -0.15) is 11.8 Å². The average molecular weight is 226 g/mol. The summed E-state index contributed by atoms with van der Waals surface area (Å²) >= 11 is 1.93. The van der Waals surface area contributed by atoms with Gasteiger partial charge < -0.3 is 10.1 Å². The van der Waals surface area contributed by atoms with Crippen molar-refractivity contribution >= 4 is 17.6 Å². The summed E-state index contributed by atoms with van der Waals surface area (Å²) in [5.74, 6) is 3.12. The maximum absolute atomic E-state index is 5.00. The van der Waals surface area contributed by atoms with E-state index in [2.05, 4.69) is 22.4 Å². The minimum atomic E-state index is 0.852. The quantitative estimate of drug-likeness (QED) is 0.724. The first-order valence-electron chi connectivity index (χ1n) is 5.06. The second-order valence-corrected chi connectivity index (χ2v) is 4.30. The van der Waals surface area contributed by atoms with Crippen molar-refractivity contribution in [2.45, 2.75) is 12.2 Å². The molecule has 0 bridgehead atoms. The molecule has 0 aliphatic heterocycles. The number of pyridine rings is 1. The van der Waals surface area contributed by atoms with Gasteiger partial charge in [0.25, 0.3) is 0 Å². The lowest BCUT2D eigenvalue weighted by Gasteiger charge is -2.04. The molecule has 1 aromatic rings. The zero-order valence-electron chi connectivity index (χ0n) is 9.32. The zero-order chi connectivity index (χ0) is 10.9. The molecule has 1 aromatic heterocycles. The van der Waals surface area contributed by atoms with Crippen LogP contribution in [-0.4, -0.2) is 31.5 Å². The Labute approximate surface area is 95.6 Å². The summed E-state index contributed by atoms with van der Waals surface area (Å²) in [5, 5.41) is 3.04. The molecule has 1 N–H and O–H groups in total. The molecule has 0 atom stereocenters. The highest BCUT2D eigenvalue weighted by molar-refractivity contribution is 7.98. The first-order chi connectivity index (χ1) is 7.36. The van der Waals surface area contributed by atoms with Gasteiger partial charge in [-0.05, 0) is 29.9 Å². The van der Waals surface area contributed by atoms with Crippen molar-refractivity contribution in [2.24, 2.45) is 0 Å². The zero-order valence-corrected chi connectivity index (χ0v) is 10.1. The summed E-state index contributed by atoms with van der Waals surface area (Å²) in [6.45, 7) is 0.852. The average Bonchev–Trinajstić information content (AvgIpc) is 2.29. The van der Waals surface area contributed by atoms with Gasteiger partial charge >= 0.3 is 0 Å². The van der Waals surface area contributed by atoms with E-state index in [1.165, 1.54) is 5.56 Å². The number of nitrogens with one attached hydrogen (secondary N) is 1. The largest absolute Gasteiger partial charge is 0.385 e. The van der Waals surface area contributed by atoms with Crippen molar-refractivity contribution in [1.82, 2.24) is 4.98 Å². The van der Waals surface area contributed by atoms with E-state index in [1.54, 1.807) is 7.11 Å². The van der Waals surface area contributed by atoms with Crippen LogP contribution in [0.4, 0.5) is 5.82 Å². The summed E-state index contributed by atoms with van der Waals surface area (Å²) in [6.07, 6.45) is 2.96. The van der Waals surface area contributed by atoms with Crippen LogP contribution in [0.2, 0.25) is 0 Å². The Bertz CT molecular complexity index is 281. The number of aromatic nitrogens is 1. The number of methoxy groups -OCH3 is 1. The fourth-order valence-corrected chi connectivity index (χ4v) is 2.08. The molecule has 4 heteroatoms. The summed E-state index contributed by atoms with van der Waals surface area (Å²) in [5.41, 5.74) is 1.32. The summed E-state index contributed by atoms with van der Waals surface area (Å²) in [7, 11) is 3.63. The Morgan fingerprint density at radius 1 is 1.53 bits per heavy atom. The number of rotatable bonds is 7. The van der Waals surface area contributed by atoms with Crippen molar-refractivity contribution in [3.63, 3.8) is 0 Å². The molecule has 1 heterocycles. The van der Waals surface area contributed by atoms with Gasteiger partial charge in [0.2, 0.25) is 0 Å². The lowest BCUT2D eigenvalue weighted by molar-refractivity contribution is 0.200. The Morgan fingerprint density at radius 2 is 2.40 bits per heavy atom. The van der Waals surface area contributed by atoms with Crippen LogP contribution in [0.15, 0.2) is 18.3 Å². The summed E-state index contributed by atoms with van der Waals surface area (Å²) in [4.78, 5) is 4.18. The SMILES string of the molecule is CNc1cc(CSCCCOC)ccn1. The molecule has 15 heavy (non-hydrogen) atoms. The predicted molar refractivity (Wildman–Crippen MR) is 66.4 cm³/mol. The molecule has 0 radical (unpaired) electrons. The first-order valence-corrected chi connectivity index (χ1v) is 6.21. The van der Waals surface area contributed by atoms with Crippen LogP contribution >= 0.6 is 11.8 Å². The number of ether oxygens (including phenoxy) is 1. The topological polar surface area (TPSA) is 34.1 Å². The third-order valence-corrected chi connectivity index (χ3v) is 3.10. The standard InChI is InChI=1S/C11H18N2OS/c1-12-11-8-10(4-5-13-11)9-15-7-3-6-14-2/h4-5,8H,3,6-7,9H2,1-2H3,(H,12,13). The van der Waals surface area contributed by atoms with Crippen molar-refractivity contribution in [1.29, 1.82) is 0 Å². The highest BCUT2D eigenvalue weighted by Crippen LogP contribution is 2.14. The minimum absolute atomic E-state index is 0.852. The Morgan fingerprint density at radius 3 is 3.13 bits per heavy atom. The maximum Gasteiger partial charge on any atom is 0.125 e. The Balaban J connectivity index is 2.24. The molecule has 3 nitrogen and oxygen atoms in total. The minimum Gasteiger partial charge on any atom is -0.385 e. The fourth-order valence-electron chi connectivity index (χ4n) is 1.20. The van der Waals surface area contributed by atoms with Gasteiger partial charge in [0.05, 0.1) is 0 Å². The summed E-state index contributed by atoms with van der Waals surface area (Å²) < 4.78 is 5.00. The highest BCUT2D eigenvalue weighted by atomic mass is 32.2. The van der Waals surface area contributed by atoms with Gasteiger partial charge in [-0.15, -0.1) is 0 Å². The predicted octanol–water partition coefficient (Wildman–Crippen LogP) is 2.39. The van der Waals surface area contributed by atoms with Crippen LogP contribution in [-0.2, 0) is 10.5 Å². The Hall–Kier alpha value is -0.740. The van der Waals surface area contributed by atoms with E-state index in [-0.39, 0.29) is 0 Å². The molecule has 84 valence electrons. The molecule has 0 spiro atoms. The second-order valence-electron chi connectivity index (χ2n) is 3.20. The molecule has 0 fully saturated rings. The number of hydrogen-bond donors (Lipinski definition) is 1. The van der Waals surface area contributed by atoms with Crippen molar-refractivity contribution in [2.75, 3.05) is 31.8 Å². The number of hydrogen-bond acceptors (Lipinski definition) is 4. The lowest BCUT2D eigenvalue weighted by atomic mass is 10.3. The Kier molecular flexibility index (Phi) is 6.20. The van der Waals surface area contributed by atoms with Gasteiger partial charge in [0.1, 0.15) is 5.82 Å². The molecule has 0 aliphatic carbocycles. The van der Waals surface area contributed by atoms with E-state index in [0.717, 1.165) is 30.4 Å². The van der Waals surface area contributed by atoms with Gasteiger partial charge in [-0.25, -0.2) is 4.98 Å². The number of thioether (sulfide) groups is 1. The van der Waals surface area contributed by atoms with E-state index < -0.39 is 0 Å². The smallest absolute Gasteiger partial charge is 0.125 e. The molecule has 0 saturated carbocycles. The monoisotopic (exact) mass is 226 g/mol. The molecule has 0 aromatic carbocycles. The van der Waals surface area contributed by atoms with Crippen LogP contribution in [0.3, 0.4) is 0 Å².